The number of aromatic amines is 1. The maximum absolute atomic E-state index is 4.53. The first-order valence-electron chi connectivity index (χ1n) is 8.16. The fourth-order valence-corrected chi connectivity index (χ4v) is 3.00. The Morgan fingerprint density at radius 2 is 1.96 bits per heavy atom. The minimum Gasteiger partial charge on any atom is -0.343 e. The van der Waals surface area contributed by atoms with Gasteiger partial charge in [-0.3, -0.25) is 4.68 Å². The topological polar surface area (TPSA) is 102 Å². The molecular weight excluding hydrogens is 330 g/mol. The van der Waals surface area contributed by atoms with Crippen LogP contribution in [0.15, 0.2) is 36.9 Å². The number of H-pyrrole nitrogens is 1. The molecule has 0 atom stereocenters. The Morgan fingerprint density at radius 3 is 2.81 bits per heavy atom. The van der Waals surface area contributed by atoms with Crippen LogP contribution in [0.5, 0.6) is 0 Å². The zero-order chi connectivity index (χ0) is 17.7. The van der Waals surface area contributed by atoms with Crippen LogP contribution >= 0.6 is 0 Å². The number of fused-ring (bicyclic) bond motifs is 2. The number of aryl methyl sites for hydroxylation is 2. The summed E-state index contributed by atoms with van der Waals surface area (Å²) in [7, 11) is 1.90. The number of rotatable bonds is 3. The second-order valence-corrected chi connectivity index (χ2v) is 6.26. The summed E-state index contributed by atoms with van der Waals surface area (Å²) in [5.74, 6) is 1.23. The lowest BCUT2D eigenvalue weighted by Crippen LogP contribution is -2.02. The molecule has 0 aliphatic carbocycles. The van der Waals surface area contributed by atoms with Crippen molar-refractivity contribution < 1.29 is 0 Å². The van der Waals surface area contributed by atoms with Gasteiger partial charge in [0, 0.05) is 48.1 Å². The van der Waals surface area contributed by atoms with E-state index in [0.717, 1.165) is 39.4 Å². The summed E-state index contributed by atoms with van der Waals surface area (Å²) in [6.07, 6.45) is 7.90. The molecule has 0 aromatic carbocycles. The van der Waals surface area contributed by atoms with Crippen LogP contribution in [-0.4, -0.2) is 44.5 Å². The molecule has 0 saturated carbocycles. The van der Waals surface area contributed by atoms with Gasteiger partial charge in [-0.05, 0) is 19.1 Å². The summed E-state index contributed by atoms with van der Waals surface area (Å²) in [5, 5.41) is 18.0. The van der Waals surface area contributed by atoms with Gasteiger partial charge in [0.25, 0.3) is 5.78 Å². The van der Waals surface area contributed by atoms with Crippen LogP contribution in [0.2, 0.25) is 0 Å². The first kappa shape index (κ1) is 14.7. The summed E-state index contributed by atoms with van der Waals surface area (Å²) in [6, 6.07) is 4.18. The molecule has 0 amide bonds. The summed E-state index contributed by atoms with van der Waals surface area (Å²) in [4.78, 5) is 12.1. The van der Waals surface area contributed by atoms with Gasteiger partial charge in [-0.1, -0.05) is 0 Å². The van der Waals surface area contributed by atoms with Crippen molar-refractivity contribution in [3.63, 3.8) is 0 Å². The molecule has 5 aromatic heterocycles. The molecule has 0 fully saturated rings. The molecule has 26 heavy (non-hydrogen) atoms. The highest BCUT2D eigenvalue weighted by Gasteiger charge is 2.12. The number of aromatic nitrogens is 9. The van der Waals surface area contributed by atoms with E-state index in [0.29, 0.717) is 12.2 Å². The van der Waals surface area contributed by atoms with Crippen molar-refractivity contribution in [1.82, 2.24) is 44.5 Å². The van der Waals surface area contributed by atoms with Crippen LogP contribution < -0.4 is 0 Å². The monoisotopic (exact) mass is 345 g/mol. The van der Waals surface area contributed by atoms with Gasteiger partial charge in [-0.25, -0.2) is 9.97 Å². The minimum absolute atomic E-state index is 0.499. The number of pyridine rings is 1. The lowest BCUT2D eigenvalue weighted by Gasteiger charge is -1.97. The average Bonchev–Trinajstić information content (AvgIpc) is 3.33. The maximum Gasteiger partial charge on any atom is 0.271 e. The van der Waals surface area contributed by atoms with Crippen LogP contribution in [-0.2, 0) is 13.5 Å². The highest BCUT2D eigenvalue weighted by Crippen LogP contribution is 2.23. The number of nitrogens with zero attached hydrogens (tertiary/aromatic N) is 8. The molecule has 0 aliphatic heterocycles. The molecule has 128 valence electrons. The van der Waals surface area contributed by atoms with Crippen molar-refractivity contribution >= 4 is 16.8 Å². The lowest BCUT2D eigenvalue weighted by atomic mass is 10.1. The highest BCUT2D eigenvalue weighted by atomic mass is 15.4. The smallest absolute Gasteiger partial charge is 0.271 e. The molecule has 5 rings (SSSR count). The average molecular weight is 345 g/mol. The van der Waals surface area contributed by atoms with Gasteiger partial charge in [-0.2, -0.15) is 14.7 Å². The van der Waals surface area contributed by atoms with E-state index in [-0.39, 0.29) is 0 Å². The summed E-state index contributed by atoms with van der Waals surface area (Å²) >= 11 is 0. The van der Waals surface area contributed by atoms with Crippen molar-refractivity contribution in [2.75, 3.05) is 0 Å². The fraction of sp³-hybridized carbons (Fsp3) is 0.176. The van der Waals surface area contributed by atoms with Crippen molar-refractivity contribution in [2.45, 2.75) is 13.3 Å². The van der Waals surface area contributed by atoms with Crippen LogP contribution in [0.3, 0.4) is 0 Å². The molecule has 5 heterocycles. The summed E-state index contributed by atoms with van der Waals surface area (Å²) in [6.45, 7) is 1.89. The Labute approximate surface area is 147 Å². The van der Waals surface area contributed by atoms with Crippen LogP contribution in [0.1, 0.15) is 17.2 Å². The van der Waals surface area contributed by atoms with Crippen LogP contribution in [0.25, 0.3) is 27.9 Å². The highest BCUT2D eigenvalue weighted by molar-refractivity contribution is 5.82. The van der Waals surface area contributed by atoms with Gasteiger partial charge in [0.05, 0.1) is 18.1 Å². The van der Waals surface area contributed by atoms with E-state index in [1.165, 1.54) is 0 Å². The Balaban J connectivity index is 1.52. The van der Waals surface area contributed by atoms with E-state index >= 15 is 0 Å². The minimum atomic E-state index is 0.499. The van der Waals surface area contributed by atoms with E-state index in [4.69, 9.17) is 0 Å². The van der Waals surface area contributed by atoms with Gasteiger partial charge < -0.3 is 4.98 Å². The first-order chi connectivity index (χ1) is 12.7. The summed E-state index contributed by atoms with van der Waals surface area (Å²) in [5.41, 5.74) is 4.72. The second-order valence-electron chi connectivity index (χ2n) is 6.26. The number of nitrogens with one attached hydrogen (secondary N) is 1. The first-order valence-corrected chi connectivity index (χ1v) is 8.16. The third-order valence-corrected chi connectivity index (χ3v) is 4.23. The molecule has 1 N–H and O–H groups in total. The van der Waals surface area contributed by atoms with Crippen molar-refractivity contribution in [2.24, 2.45) is 7.05 Å². The lowest BCUT2D eigenvalue weighted by molar-refractivity contribution is 0.768. The van der Waals surface area contributed by atoms with E-state index in [1.54, 1.807) is 15.4 Å². The van der Waals surface area contributed by atoms with Gasteiger partial charge in [-0.15, -0.1) is 10.2 Å². The molecule has 0 spiro atoms. The zero-order valence-electron chi connectivity index (χ0n) is 14.2. The van der Waals surface area contributed by atoms with Crippen LogP contribution in [0.4, 0.5) is 0 Å². The molecular formula is C17H15N9. The van der Waals surface area contributed by atoms with E-state index < -0.39 is 0 Å². The quantitative estimate of drug-likeness (QED) is 0.534. The maximum atomic E-state index is 4.53. The fourth-order valence-electron chi connectivity index (χ4n) is 3.00. The van der Waals surface area contributed by atoms with Gasteiger partial charge in [0.15, 0.2) is 5.82 Å². The SMILES string of the molecule is Cc1cnc2nnc(Cc3cc4cc(-c5cnn(C)c5)cnc4[nH]3)n2n1. The van der Waals surface area contributed by atoms with Gasteiger partial charge >= 0.3 is 0 Å². The van der Waals surface area contributed by atoms with Crippen LogP contribution in [0, 0.1) is 6.92 Å². The number of hydrogen-bond donors (Lipinski definition) is 1. The molecule has 0 radical (unpaired) electrons. The molecule has 0 aliphatic rings. The van der Waals surface area contributed by atoms with E-state index in [9.17, 15) is 0 Å². The molecule has 0 unspecified atom stereocenters. The van der Waals surface area contributed by atoms with E-state index in [1.807, 2.05) is 32.6 Å². The largest absolute Gasteiger partial charge is 0.343 e. The Hall–Kier alpha value is -3.62. The molecule has 0 bridgehead atoms. The standard InChI is InChI=1S/C17H15N9/c1-10-6-19-17-23-22-15(26(17)24-10)5-14-4-11-3-12(7-18-16(11)21-14)13-8-20-25(2)9-13/h3-4,6-9H,5H2,1-2H3,(H,18,21). The third-order valence-electron chi connectivity index (χ3n) is 4.23. The van der Waals surface area contributed by atoms with Gasteiger partial charge in [0.2, 0.25) is 0 Å². The molecule has 0 saturated heterocycles. The number of hydrogen-bond acceptors (Lipinski definition) is 6. The normalized spacial score (nSPS) is 11.6. The predicted molar refractivity (Wildman–Crippen MR) is 94.4 cm³/mol. The third kappa shape index (κ3) is 2.41. The Kier molecular flexibility index (Phi) is 3.08. The van der Waals surface area contributed by atoms with Crippen molar-refractivity contribution in [3.05, 3.63) is 54.1 Å². The zero-order valence-corrected chi connectivity index (χ0v) is 14.2. The van der Waals surface area contributed by atoms with E-state index in [2.05, 4.69) is 47.5 Å². The molecule has 9 nitrogen and oxygen atoms in total. The predicted octanol–water partition coefficient (Wildman–Crippen LogP) is 1.70. The van der Waals surface area contributed by atoms with Gasteiger partial charge in [0.1, 0.15) is 5.65 Å². The Morgan fingerprint density at radius 1 is 1.04 bits per heavy atom. The second kappa shape index (κ2) is 5.45. The molecule has 9 heteroatoms. The van der Waals surface area contributed by atoms with Crippen molar-refractivity contribution in [3.8, 4) is 11.1 Å². The molecule has 5 aromatic rings. The van der Waals surface area contributed by atoms with Crippen molar-refractivity contribution in [1.29, 1.82) is 0 Å². The summed E-state index contributed by atoms with van der Waals surface area (Å²) < 4.78 is 3.46. The Bertz CT molecular complexity index is 1240.